The number of fused-ring (bicyclic) bond motifs is 2. The van der Waals surface area contributed by atoms with Gasteiger partial charge in [0, 0.05) is 26.0 Å². The van der Waals surface area contributed by atoms with Gasteiger partial charge in [-0.3, -0.25) is 9.36 Å². The number of hydrogen-bond acceptors (Lipinski definition) is 2. The first kappa shape index (κ1) is 10.1. The van der Waals surface area contributed by atoms with Crippen molar-refractivity contribution in [2.45, 2.75) is 13.8 Å². The van der Waals surface area contributed by atoms with Gasteiger partial charge in [0.25, 0.3) is 5.56 Å². The lowest BCUT2D eigenvalue weighted by Gasteiger charge is -2.06. The fraction of sp³-hybridized carbons (Fsp3) is 0.333. The lowest BCUT2D eigenvalue weighted by Crippen LogP contribution is -2.18. The third-order valence-corrected chi connectivity index (χ3v) is 3.42. The molecule has 3 aromatic heterocycles. The first-order chi connectivity index (χ1) is 8.02. The van der Waals surface area contributed by atoms with Crippen molar-refractivity contribution in [1.82, 2.24) is 18.5 Å². The molecule has 0 saturated heterocycles. The maximum Gasteiger partial charge on any atom is 0.268 e. The maximum absolute atomic E-state index is 12.4. The largest absolute Gasteiger partial charge is 0.337 e. The average molecular weight is 230 g/mol. The molecule has 0 radical (unpaired) electrons. The first-order valence-electron chi connectivity index (χ1n) is 5.52. The molecular formula is C12H14N4O. The quantitative estimate of drug-likeness (QED) is 0.581. The van der Waals surface area contributed by atoms with E-state index in [9.17, 15) is 4.79 Å². The molecule has 5 heteroatoms. The Morgan fingerprint density at radius 1 is 1.24 bits per heavy atom. The highest BCUT2D eigenvalue weighted by atomic mass is 16.1. The Labute approximate surface area is 97.9 Å². The van der Waals surface area contributed by atoms with Crippen molar-refractivity contribution in [3.63, 3.8) is 0 Å². The summed E-state index contributed by atoms with van der Waals surface area (Å²) in [7, 11) is 3.86. The predicted octanol–water partition coefficient (Wildman–Crippen LogP) is 1.14. The van der Waals surface area contributed by atoms with Crippen LogP contribution >= 0.6 is 0 Å². The molecule has 3 rings (SSSR count). The molecule has 0 N–H and O–H groups in total. The number of aromatic nitrogens is 4. The van der Waals surface area contributed by atoms with Crippen molar-refractivity contribution in [3.05, 3.63) is 34.0 Å². The van der Waals surface area contributed by atoms with Gasteiger partial charge in [0.1, 0.15) is 5.65 Å². The molecule has 0 bridgehead atoms. The Bertz CT molecular complexity index is 803. The van der Waals surface area contributed by atoms with Gasteiger partial charge < -0.3 is 4.57 Å². The van der Waals surface area contributed by atoms with E-state index in [0.29, 0.717) is 5.78 Å². The van der Waals surface area contributed by atoms with Gasteiger partial charge in [0.05, 0.1) is 11.1 Å². The zero-order valence-corrected chi connectivity index (χ0v) is 10.4. The van der Waals surface area contributed by atoms with Gasteiger partial charge in [-0.25, -0.2) is 9.38 Å². The zero-order valence-electron chi connectivity index (χ0n) is 10.4. The normalized spacial score (nSPS) is 11.8. The van der Waals surface area contributed by atoms with Crippen LogP contribution in [0.3, 0.4) is 0 Å². The highest BCUT2D eigenvalue weighted by molar-refractivity contribution is 5.78. The van der Waals surface area contributed by atoms with E-state index in [4.69, 9.17) is 0 Å². The fourth-order valence-corrected chi connectivity index (χ4v) is 2.38. The van der Waals surface area contributed by atoms with Crippen LogP contribution in [-0.2, 0) is 14.1 Å². The second-order valence-corrected chi connectivity index (χ2v) is 4.45. The summed E-state index contributed by atoms with van der Waals surface area (Å²) in [4.78, 5) is 16.8. The summed E-state index contributed by atoms with van der Waals surface area (Å²) in [6, 6.07) is 1.85. The molecule has 0 aliphatic heterocycles. The zero-order chi connectivity index (χ0) is 12.3. The Kier molecular flexibility index (Phi) is 1.79. The van der Waals surface area contributed by atoms with Gasteiger partial charge in [0.15, 0.2) is 0 Å². The summed E-state index contributed by atoms with van der Waals surface area (Å²) in [5, 5.41) is 0.725. The monoisotopic (exact) mass is 230 g/mol. The highest BCUT2D eigenvalue weighted by Gasteiger charge is 2.15. The predicted molar refractivity (Wildman–Crippen MR) is 66.4 cm³/mol. The number of rotatable bonds is 0. The van der Waals surface area contributed by atoms with Crippen LogP contribution in [0.1, 0.15) is 11.4 Å². The Balaban J connectivity index is 2.75. The van der Waals surface area contributed by atoms with Crippen LogP contribution in [-0.4, -0.2) is 18.5 Å². The van der Waals surface area contributed by atoms with E-state index in [-0.39, 0.29) is 5.56 Å². The Morgan fingerprint density at radius 2 is 1.94 bits per heavy atom. The second kappa shape index (κ2) is 3.00. The highest BCUT2D eigenvalue weighted by Crippen LogP contribution is 2.15. The maximum atomic E-state index is 12.4. The van der Waals surface area contributed by atoms with Gasteiger partial charge in [0.2, 0.25) is 5.78 Å². The molecule has 88 valence electrons. The number of hydrogen-bond donors (Lipinski definition) is 0. The van der Waals surface area contributed by atoms with Crippen molar-refractivity contribution >= 4 is 16.8 Å². The molecule has 0 aromatic carbocycles. The molecule has 3 heterocycles. The summed E-state index contributed by atoms with van der Waals surface area (Å²) in [5.41, 5.74) is 2.71. The number of aryl methyl sites for hydroxylation is 4. The van der Waals surface area contributed by atoms with E-state index < -0.39 is 0 Å². The van der Waals surface area contributed by atoms with Crippen LogP contribution in [0.25, 0.3) is 16.8 Å². The van der Waals surface area contributed by atoms with Gasteiger partial charge in [-0.1, -0.05) is 0 Å². The SMILES string of the molecule is Cc1nc2n(C)c3c(ccn3C)c(=O)n2c1C. The topological polar surface area (TPSA) is 44.2 Å². The molecule has 0 fully saturated rings. The molecule has 0 atom stereocenters. The van der Waals surface area contributed by atoms with Crippen molar-refractivity contribution < 1.29 is 0 Å². The van der Waals surface area contributed by atoms with Crippen LogP contribution in [0.5, 0.6) is 0 Å². The summed E-state index contributed by atoms with van der Waals surface area (Å²) in [5.74, 6) is 0.694. The minimum absolute atomic E-state index is 0.00630. The molecule has 17 heavy (non-hydrogen) atoms. The minimum atomic E-state index is 0.00630. The van der Waals surface area contributed by atoms with Crippen LogP contribution in [0.15, 0.2) is 17.1 Å². The third-order valence-electron chi connectivity index (χ3n) is 3.42. The van der Waals surface area contributed by atoms with E-state index in [0.717, 1.165) is 22.4 Å². The number of nitrogens with zero attached hydrogens (tertiary/aromatic N) is 4. The Hall–Kier alpha value is -2.04. The molecule has 5 nitrogen and oxygen atoms in total. The molecular weight excluding hydrogens is 216 g/mol. The third kappa shape index (κ3) is 1.08. The minimum Gasteiger partial charge on any atom is -0.337 e. The molecule has 0 aliphatic rings. The van der Waals surface area contributed by atoms with Crippen LogP contribution in [0.4, 0.5) is 0 Å². The van der Waals surface area contributed by atoms with Gasteiger partial charge in [-0.05, 0) is 19.9 Å². The molecule has 0 amide bonds. The van der Waals surface area contributed by atoms with Crippen molar-refractivity contribution in [1.29, 1.82) is 0 Å². The van der Waals surface area contributed by atoms with Crippen molar-refractivity contribution in [3.8, 4) is 0 Å². The van der Waals surface area contributed by atoms with Gasteiger partial charge >= 0.3 is 0 Å². The van der Waals surface area contributed by atoms with Crippen molar-refractivity contribution in [2.75, 3.05) is 0 Å². The van der Waals surface area contributed by atoms with E-state index in [1.165, 1.54) is 0 Å². The van der Waals surface area contributed by atoms with E-state index in [1.807, 2.05) is 49.3 Å². The molecule has 3 aromatic rings. The average Bonchev–Trinajstić information content (AvgIpc) is 2.80. The van der Waals surface area contributed by atoms with Crippen LogP contribution in [0.2, 0.25) is 0 Å². The van der Waals surface area contributed by atoms with E-state index >= 15 is 0 Å². The first-order valence-corrected chi connectivity index (χ1v) is 5.52. The summed E-state index contributed by atoms with van der Waals surface area (Å²) in [6.07, 6.45) is 1.90. The molecule has 0 unspecified atom stereocenters. The standard InChI is InChI=1S/C12H14N4O/c1-7-8(2)16-11(17)9-5-6-14(3)10(9)15(4)12(16)13-7/h5-6H,1-4H3. The number of imidazole rings is 1. The van der Waals surface area contributed by atoms with Crippen LogP contribution < -0.4 is 5.56 Å². The molecule has 0 aliphatic carbocycles. The van der Waals surface area contributed by atoms with E-state index in [2.05, 4.69) is 4.98 Å². The summed E-state index contributed by atoms with van der Waals surface area (Å²) < 4.78 is 5.57. The molecule has 0 spiro atoms. The summed E-state index contributed by atoms with van der Waals surface area (Å²) in [6.45, 7) is 3.85. The fourth-order valence-electron chi connectivity index (χ4n) is 2.38. The second-order valence-electron chi connectivity index (χ2n) is 4.45. The van der Waals surface area contributed by atoms with Gasteiger partial charge in [-0.15, -0.1) is 0 Å². The summed E-state index contributed by atoms with van der Waals surface area (Å²) >= 11 is 0. The Morgan fingerprint density at radius 3 is 2.65 bits per heavy atom. The van der Waals surface area contributed by atoms with Crippen molar-refractivity contribution in [2.24, 2.45) is 14.1 Å². The van der Waals surface area contributed by atoms with Crippen LogP contribution in [0, 0.1) is 13.8 Å². The lowest BCUT2D eigenvalue weighted by molar-refractivity contribution is 0.840. The molecule has 0 saturated carbocycles. The smallest absolute Gasteiger partial charge is 0.268 e. The lowest BCUT2D eigenvalue weighted by atomic mass is 10.3. The van der Waals surface area contributed by atoms with Gasteiger partial charge in [-0.2, -0.15) is 0 Å². The van der Waals surface area contributed by atoms with E-state index in [1.54, 1.807) is 4.40 Å².